The summed E-state index contributed by atoms with van der Waals surface area (Å²) in [6.45, 7) is 1.35. The summed E-state index contributed by atoms with van der Waals surface area (Å²) in [5, 5.41) is 3.61. The van der Waals surface area contributed by atoms with E-state index in [4.69, 9.17) is 23.2 Å². The van der Waals surface area contributed by atoms with Crippen LogP contribution >= 0.6 is 23.2 Å². The van der Waals surface area contributed by atoms with Gasteiger partial charge in [0.15, 0.2) is 0 Å². The monoisotopic (exact) mass is 478 g/mol. The lowest BCUT2D eigenvalue weighted by Gasteiger charge is -2.21. The largest absolute Gasteiger partial charge is 0.356 e. The van der Waals surface area contributed by atoms with Crippen molar-refractivity contribution in [3.05, 3.63) is 28.2 Å². The number of carbonyl (C=O) groups excluding carboxylic acids is 1. The molecule has 1 amide bonds. The van der Waals surface area contributed by atoms with Crippen LogP contribution in [0.2, 0.25) is 10.0 Å². The molecular formula is C22H36Cl2N2O3S. The molecule has 1 saturated heterocycles. The van der Waals surface area contributed by atoms with Crippen molar-refractivity contribution in [1.82, 2.24) is 9.62 Å². The lowest BCUT2D eigenvalue weighted by Crippen LogP contribution is -2.36. The van der Waals surface area contributed by atoms with E-state index in [1.165, 1.54) is 41.8 Å². The molecule has 8 heteroatoms. The van der Waals surface area contributed by atoms with Gasteiger partial charge in [-0.3, -0.25) is 4.79 Å². The molecule has 0 radical (unpaired) electrons. The molecule has 172 valence electrons. The molecule has 2 aliphatic rings. The van der Waals surface area contributed by atoms with Crippen molar-refractivity contribution in [1.29, 1.82) is 0 Å². The van der Waals surface area contributed by atoms with Gasteiger partial charge >= 0.3 is 0 Å². The number of carbonyl (C=O) groups is 1. The van der Waals surface area contributed by atoms with Gasteiger partial charge in [0.2, 0.25) is 15.9 Å². The van der Waals surface area contributed by atoms with Crippen LogP contribution in [-0.2, 0) is 14.8 Å². The first-order valence-corrected chi connectivity index (χ1v) is 12.3. The maximum atomic E-state index is 12.9. The van der Waals surface area contributed by atoms with Gasteiger partial charge in [0.05, 0.1) is 5.02 Å². The first kappa shape index (κ1) is 27.2. The Bertz CT molecular complexity index is 794. The van der Waals surface area contributed by atoms with Crippen molar-refractivity contribution in [2.75, 3.05) is 19.6 Å². The predicted octanol–water partition coefficient (Wildman–Crippen LogP) is 5.75. The van der Waals surface area contributed by atoms with E-state index >= 15 is 0 Å². The summed E-state index contributed by atoms with van der Waals surface area (Å²) in [5.74, 6) is 0.358. The average molecular weight is 480 g/mol. The molecule has 5 nitrogen and oxygen atoms in total. The Morgan fingerprint density at radius 3 is 2.30 bits per heavy atom. The van der Waals surface area contributed by atoms with Crippen LogP contribution in [0.15, 0.2) is 23.1 Å². The number of nitrogens with zero attached hydrogens (tertiary/aromatic N) is 1. The third-order valence-corrected chi connectivity index (χ3v) is 8.38. The zero-order chi connectivity index (χ0) is 20.1. The Balaban J connectivity index is 0.00000225. The van der Waals surface area contributed by atoms with Crippen molar-refractivity contribution >= 4 is 39.1 Å². The van der Waals surface area contributed by atoms with Crippen LogP contribution in [0.5, 0.6) is 0 Å². The van der Waals surface area contributed by atoms with Crippen molar-refractivity contribution in [2.45, 2.75) is 71.1 Å². The number of amides is 1. The smallest absolute Gasteiger partial charge is 0.244 e. The normalized spacial score (nSPS) is 21.1. The number of sulfonamides is 1. The Morgan fingerprint density at radius 1 is 1.03 bits per heavy atom. The topological polar surface area (TPSA) is 66.5 Å². The molecule has 2 fully saturated rings. The van der Waals surface area contributed by atoms with Crippen LogP contribution in [0.25, 0.3) is 0 Å². The van der Waals surface area contributed by atoms with Crippen molar-refractivity contribution < 1.29 is 13.2 Å². The van der Waals surface area contributed by atoms with Gasteiger partial charge in [0.1, 0.15) is 4.90 Å². The van der Waals surface area contributed by atoms with E-state index in [2.05, 4.69) is 5.32 Å². The molecule has 1 heterocycles. The summed E-state index contributed by atoms with van der Waals surface area (Å²) in [5.41, 5.74) is 0. The molecule has 0 aromatic heterocycles. The highest BCUT2D eigenvalue weighted by molar-refractivity contribution is 7.89. The van der Waals surface area contributed by atoms with Crippen LogP contribution in [-0.4, -0.2) is 38.3 Å². The second-order valence-corrected chi connectivity index (χ2v) is 10.6. The number of halogens is 2. The van der Waals surface area contributed by atoms with Gasteiger partial charge in [0, 0.05) is 30.6 Å². The van der Waals surface area contributed by atoms with E-state index in [-0.39, 0.29) is 42.5 Å². The molecule has 1 saturated carbocycles. The first-order chi connectivity index (χ1) is 13.4. The quantitative estimate of drug-likeness (QED) is 0.585. The van der Waals surface area contributed by atoms with Gasteiger partial charge in [-0.2, -0.15) is 4.31 Å². The number of rotatable bonds is 5. The van der Waals surface area contributed by atoms with Crippen molar-refractivity contribution in [3.8, 4) is 0 Å². The van der Waals surface area contributed by atoms with E-state index in [9.17, 15) is 13.2 Å². The molecule has 1 aromatic carbocycles. The minimum absolute atomic E-state index is 0. The van der Waals surface area contributed by atoms with E-state index in [1.54, 1.807) is 0 Å². The van der Waals surface area contributed by atoms with Crippen LogP contribution in [0.3, 0.4) is 0 Å². The third-order valence-electron chi connectivity index (χ3n) is 5.80. The lowest BCUT2D eigenvalue weighted by atomic mass is 9.90. The molecular weight excluding hydrogens is 443 g/mol. The Hall–Kier alpha value is -0.820. The fourth-order valence-electron chi connectivity index (χ4n) is 4.11. The molecule has 0 bridgehead atoms. The second-order valence-electron chi connectivity index (χ2n) is 7.88. The fourth-order valence-corrected chi connectivity index (χ4v) is 6.39. The van der Waals surface area contributed by atoms with E-state index in [0.29, 0.717) is 24.7 Å². The van der Waals surface area contributed by atoms with E-state index < -0.39 is 10.0 Å². The molecule has 1 aromatic rings. The average Bonchev–Trinajstić information content (AvgIpc) is 3.09. The highest BCUT2D eigenvalue weighted by atomic mass is 35.5. The van der Waals surface area contributed by atoms with Gasteiger partial charge in [-0.05, 0) is 43.4 Å². The zero-order valence-corrected chi connectivity index (χ0v) is 18.3. The molecule has 1 aliphatic carbocycles. The summed E-state index contributed by atoms with van der Waals surface area (Å²) in [6, 6.07) is 4.42. The van der Waals surface area contributed by atoms with Gasteiger partial charge in [-0.25, -0.2) is 8.42 Å². The number of nitrogens with one attached hydrogen (secondary N) is 1. The summed E-state index contributed by atoms with van der Waals surface area (Å²) in [7, 11) is -3.66. The maximum absolute atomic E-state index is 12.9. The minimum atomic E-state index is -3.66. The van der Waals surface area contributed by atoms with Crippen LogP contribution in [0, 0.1) is 11.8 Å². The highest BCUT2D eigenvalue weighted by Crippen LogP contribution is 2.30. The Labute approximate surface area is 192 Å². The standard InChI is InChI=1S/C20H28Cl2N2O3S.2CH4/c21-17-8-9-19(18(22)12-17)28(26,27)24-11-10-15(14-24)13-23-20(25)16-6-4-2-1-3-5-7-16;;/h8-9,12,15-16H,1-7,10-11,13-14H2,(H,23,25);2*1H4. The van der Waals surface area contributed by atoms with Crippen LogP contribution in [0.4, 0.5) is 0 Å². The minimum Gasteiger partial charge on any atom is -0.356 e. The molecule has 30 heavy (non-hydrogen) atoms. The summed E-state index contributed by atoms with van der Waals surface area (Å²) < 4.78 is 27.2. The molecule has 3 rings (SSSR count). The molecule has 0 spiro atoms. The van der Waals surface area contributed by atoms with Crippen LogP contribution < -0.4 is 5.32 Å². The molecule has 1 unspecified atom stereocenters. The van der Waals surface area contributed by atoms with Crippen LogP contribution in [0.1, 0.15) is 66.2 Å². The fraction of sp³-hybridized carbons (Fsp3) is 0.682. The Kier molecular flexibility index (Phi) is 11.1. The van der Waals surface area contributed by atoms with Gasteiger partial charge in [-0.1, -0.05) is 70.2 Å². The first-order valence-electron chi connectivity index (χ1n) is 10.1. The predicted molar refractivity (Wildman–Crippen MR) is 126 cm³/mol. The molecule has 1 aliphatic heterocycles. The van der Waals surface area contributed by atoms with Gasteiger partial charge in [0.25, 0.3) is 0 Å². The highest BCUT2D eigenvalue weighted by Gasteiger charge is 2.34. The molecule has 1 N–H and O–H groups in total. The number of hydrogen-bond donors (Lipinski definition) is 1. The van der Waals surface area contributed by atoms with E-state index in [0.717, 1.165) is 32.1 Å². The zero-order valence-electron chi connectivity index (χ0n) is 16.0. The SMILES string of the molecule is C.C.O=C(NCC1CCN(S(=O)(=O)c2ccc(Cl)cc2Cl)C1)C1CCCCCCC1. The maximum Gasteiger partial charge on any atom is 0.244 e. The third kappa shape index (κ3) is 6.84. The summed E-state index contributed by atoms with van der Waals surface area (Å²) in [6.07, 6.45) is 8.61. The summed E-state index contributed by atoms with van der Waals surface area (Å²) >= 11 is 12.0. The summed E-state index contributed by atoms with van der Waals surface area (Å²) in [4.78, 5) is 12.6. The number of hydrogen-bond acceptors (Lipinski definition) is 3. The van der Waals surface area contributed by atoms with Gasteiger partial charge < -0.3 is 5.32 Å². The lowest BCUT2D eigenvalue weighted by molar-refractivity contribution is -0.125. The second kappa shape index (κ2) is 12.3. The van der Waals surface area contributed by atoms with Crippen molar-refractivity contribution in [2.24, 2.45) is 11.8 Å². The van der Waals surface area contributed by atoms with Gasteiger partial charge in [-0.15, -0.1) is 0 Å². The van der Waals surface area contributed by atoms with Crippen molar-refractivity contribution in [3.63, 3.8) is 0 Å². The number of benzene rings is 1. The Morgan fingerprint density at radius 2 is 1.67 bits per heavy atom. The molecule has 1 atom stereocenters. The van der Waals surface area contributed by atoms with E-state index in [1.807, 2.05) is 0 Å².